The highest BCUT2D eigenvalue weighted by Gasteiger charge is 2.23. The van der Waals surface area contributed by atoms with Gasteiger partial charge in [-0.05, 0) is 42.4 Å². The zero-order valence-corrected chi connectivity index (χ0v) is 16.3. The van der Waals surface area contributed by atoms with E-state index in [9.17, 15) is 4.79 Å². The highest BCUT2D eigenvalue weighted by atomic mass is 16.1. The maximum atomic E-state index is 12.6. The Morgan fingerprint density at radius 3 is 2.66 bits per heavy atom. The minimum atomic E-state index is -0.0744. The Balaban J connectivity index is 1.49. The first-order valence-corrected chi connectivity index (χ1v) is 10.1. The zero-order valence-electron chi connectivity index (χ0n) is 16.3. The van der Waals surface area contributed by atoms with Crippen molar-refractivity contribution in [3.8, 4) is 11.3 Å². The van der Waals surface area contributed by atoms with Gasteiger partial charge in [0.15, 0.2) is 0 Å². The van der Waals surface area contributed by atoms with Crippen molar-refractivity contribution >= 4 is 12.0 Å². The molecule has 0 radical (unpaired) electrons. The SMILES string of the molecule is C=Cc1ccc(Cn2nc3c(cc2=O)CCc2nc(N4CCCC4)ncc2-3)cc1. The topological polar surface area (TPSA) is 63.9 Å². The number of fused-ring (bicyclic) bond motifs is 3. The lowest BCUT2D eigenvalue weighted by Gasteiger charge is -2.21. The summed E-state index contributed by atoms with van der Waals surface area (Å²) in [5.74, 6) is 0.820. The Hall–Kier alpha value is -3.28. The Labute approximate surface area is 169 Å². The molecule has 1 aliphatic heterocycles. The molecule has 3 aromatic rings. The van der Waals surface area contributed by atoms with Crippen molar-refractivity contribution in [3.63, 3.8) is 0 Å². The summed E-state index contributed by atoms with van der Waals surface area (Å²) >= 11 is 0. The normalized spacial score (nSPS) is 15.1. The summed E-state index contributed by atoms with van der Waals surface area (Å²) in [5, 5.41) is 4.71. The number of rotatable bonds is 4. The van der Waals surface area contributed by atoms with Gasteiger partial charge < -0.3 is 4.90 Å². The molecule has 0 atom stereocenters. The largest absolute Gasteiger partial charge is 0.341 e. The highest BCUT2D eigenvalue weighted by Crippen LogP contribution is 2.31. The van der Waals surface area contributed by atoms with Gasteiger partial charge >= 0.3 is 0 Å². The molecule has 6 heteroatoms. The lowest BCUT2D eigenvalue weighted by molar-refractivity contribution is 0.633. The molecule has 0 spiro atoms. The quantitative estimate of drug-likeness (QED) is 0.691. The summed E-state index contributed by atoms with van der Waals surface area (Å²) in [6.07, 6.45) is 7.70. The van der Waals surface area contributed by atoms with Crippen molar-refractivity contribution in [2.75, 3.05) is 18.0 Å². The summed E-state index contributed by atoms with van der Waals surface area (Å²) < 4.78 is 1.53. The van der Waals surface area contributed by atoms with Crippen molar-refractivity contribution in [2.24, 2.45) is 0 Å². The van der Waals surface area contributed by atoms with Crippen LogP contribution >= 0.6 is 0 Å². The molecule has 3 heterocycles. The standard InChI is InChI=1S/C23H23N5O/c1-2-16-5-7-17(8-6-16)15-28-21(29)13-18-9-10-20-19(22(18)26-28)14-24-23(25-20)27-11-3-4-12-27/h2,5-8,13-14H,1,3-4,9-12,15H2. The van der Waals surface area contributed by atoms with E-state index in [1.165, 1.54) is 17.5 Å². The molecular weight excluding hydrogens is 362 g/mol. The third-order valence-corrected chi connectivity index (χ3v) is 5.75. The van der Waals surface area contributed by atoms with E-state index >= 15 is 0 Å². The monoisotopic (exact) mass is 385 g/mol. The Morgan fingerprint density at radius 1 is 1.10 bits per heavy atom. The van der Waals surface area contributed by atoms with Crippen LogP contribution in [-0.4, -0.2) is 32.8 Å². The second kappa shape index (κ2) is 7.28. The highest BCUT2D eigenvalue weighted by molar-refractivity contribution is 5.67. The summed E-state index contributed by atoms with van der Waals surface area (Å²) in [6, 6.07) is 9.72. The van der Waals surface area contributed by atoms with Gasteiger partial charge in [0.2, 0.25) is 5.95 Å². The minimum absolute atomic E-state index is 0.0744. The van der Waals surface area contributed by atoms with E-state index < -0.39 is 0 Å². The number of aromatic nitrogens is 4. The van der Waals surface area contributed by atoms with E-state index in [0.717, 1.165) is 65.5 Å². The van der Waals surface area contributed by atoms with Crippen LogP contribution in [0.25, 0.3) is 17.3 Å². The average molecular weight is 385 g/mol. The molecule has 1 aromatic carbocycles. The van der Waals surface area contributed by atoms with Crippen LogP contribution < -0.4 is 10.5 Å². The van der Waals surface area contributed by atoms with Gasteiger partial charge in [-0.25, -0.2) is 14.6 Å². The number of hydrogen-bond acceptors (Lipinski definition) is 5. The predicted octanol–water partition coefficient (Wildman–Crippen LogP) is 3.09. The Bertz CT molecular complexity index is 1130. The van der Waals surface area contributed by atoms with E-state index in [-0.39, 0.29) is 5.56 Å². The third kappa shape index (κ3) is 3.35. The van der Waals surface area contributed by atoms with E-state index in [4.69, 9.17) is 10.1 Å². The Morgan fingerprint density at radius 2 is 1.90 bits per heavy atom. The Kier molecular flexibility index (Phi) is 4.46. The summed E-state index contributed by atoms with van der Waals surface area (Å²) in [4.78, 5) is 24.3. The van der Waals surface area contributed by atoms with Gasteiger partial charge in [0.1, 0.15) is 0 Å². The van der Waals surface area contributed by atoms with Crippen molar-refractivity contribution in [1.82, 2.24) is 19.7 Å². The molecule has 0 amide bonds. The molecule has 0 saturated carbocycles. The number of hydrogen-bond donors (Lipinski definition) is 0. The molecule has 29 heavy (non-hydrogen) atoms. The first-order chi connectivity index (χ1) is 14.2. The first kappa shape index (κ1) is 17.8. The molecule has 0 bridgehead atoms. The second-order valence-corrected chi connectivity index (χ2v) is 7.68. The van der Waals surface area contributed by atoms with Crippen molar-refractivity contribution in [2.45, 2.75) is 32.2 Å². The van der Waals surface area contributed by atoms with E-state index in [0.29, 0.717) is 6.54 Å². The van der Waals surface area contributed by atoms with Crippen LogP contribution in [0.1, 0.15) is 35.2 Å². The van der Waals surface area contributed by atoms with Crippen LogP contribution in [0, 0.1) is 0 Å². The van der Waals surface area contributed by atoms with Crippen molar-refractivity contribution in [1.29, 1.82) is 0 Å². The van der Waals surface area contributed by atoms with E-state index in [2.05, 4.69) is 16.5 Å². The fourth-order valence-electron chi connectivity index (χ4n) is 4.11. The number of anilines is 1. The van der Waals surface area contributed by atoms with Gasteiger partial charge in [-0.3, -0.25) is 4.79 Å². The molecule has 0 N–H and O–H groups in total. The van der Waals surface area contributed by atoms with Crippen LogP contribution in [-0.2, 0) is 19.4 Å². The third-order valence-electron chi connectivity index (χ3n) is 5.75. The van der Waals surface area contributed by atoms with Crippen LogP contribution in [0.5, 0.6) is 0 Å². The number of nitrogens with zero attached hydrogens (tertiary/aromatic N) is 5. The van der Waals surface area contributed by atoms with Gasteiger partial charge in [-0.1, -0.05) is 36.9 Å². The van der Waals surface area contributed by atoms with Crippen molar-refractivity contribution in [3.05, 3.63) is 75.8 Å². The van der Waals surface area contributed by atoms with Gasteiger partial charge in [-0.15, -0.1) is 0 Å². The number of aryl methyl sites for hydroxylation is 2. The molecule has 1 fully saturated rings. The molecule has 5 rings (SSSR count). The molecule has 2 aromatic heterocycles. The smallest absolute Gasteiger partial charge is 0.267 e. The molecule has 1 aliphatic carbocycles. The fraction of sp³-hybridized carbons (Fsp3) is 0.304. The summed E-state index contributed by atoms with van der Waals surface area (Å²) in [5.41, 5.74) is 5.81. The molecule has 1 saturated heterocycles. The number of benzene rings is 1. The molecule has 2 aliphatic rings. The van der Waals surface area contributed by atoms with E-state index in [1.54, 1.807) is 12.1 Å². The predicted molar refractivity (Wildman–Crippen MR) is 114 cm³/mol. The van der Waals surface area contributed by atoms with E-state index in [1.807, 2.05) is 30.5 Å². The molecule has 146 valence electrons. The lowest BCUT2D eigenvalue weighted by Crippen LogP contribution is -2.27. The maximum absolute atomic E-state index is 12.6. The van der Waals surface area contributed by atoms with Gasteiger partial charge in [0.05, 0.1) is 17.9 Å². The fourth-order valence-corrected chi connectivity index (χ4v) is 4.11. The summed E-state index contributed by atoms with van der Waals surface area (Å²) in [7, 11) is 0. The zero-order chi connectivity index (χ0) is 19.8. The minimum Gasteiger partial charge on any atom is -0.341 e. The molecule has 0 unspecified atom stereocenters. The maximum Gasteiger partial charge on any atom is 0.267 e. The first-order valence-electron chi connectivity index (χ1n) is 10.1. The second-order valence-electron chi connectivity index (χ2n) is 7.68. The summed E-state index contributed by atoms with van der Waals surface area (Å²) in [6.45, 7) is 6.26. The van der Waals surface area contributed by atoms with Crippen molar-refractivity contribution < 1.29 is 0 Å². The van der Waals surface area contributed by atoms with Gasteiger partial charge in [0, 0.05) is 30.9 Å². The van der Waals surface area contributed by atoms with Gasteiger partial charge in [-0.2, -0.15) is 5.10 Å². The van der Waals surface area contributed by atoms with Gasteiger partial charge in [0.25, 0.3) is 5.56 Å². The molecule has 6 nitrogen and oxygen atoms in total. The van der Waals surface area contributed by atoms with Crippen LogP contribution in [0.15, 0.2) is 47.9 Å². The lowest BCUT2D eigenvalue weighted by atomic mass is 9.94. The molecular formula is C23H23N5O. The van der Waals surface area contributed by atoms with Crippen LogP contribution in [0.4, 0.5) is 5.95 Å². The average Bonchev–Trinajstić information content (AvgIpc) is 3.29. The van der Waals surface area contributed by atoms with Crippen LogP contribution in [0.2, 0.25) is 0 Å². The van der Waals surface area contributed by atoms with Crippen LogP contribution in [0.3, 0.4) is 0 Å².